The normalized spacial score (nSPS) is 11.8. The molecule has 0 bridgehead atoms. The Bertz CT molecular complexity index is 3800. The van der Waals surface area contributed by atoms with Crippen molar-refractivity contribution in [3.05, 3.63) is 218 Å². The molecule has 4 heterocycles. The summed E-state index contributed by atoms with van der Waals surface area (Å²) in [7, 11) is 0. The van der Waals surface area contributed by atoms with Crippen LogP contribution in [-0.2, 0) is 0 Å². The van der Waals surface area contributed by atoms with Crippen LogP contribution in [0, 0.1) is 0 Å². The number of allylic oxidation sites excluding steroid dienone is 1. The minimum absolute atomic E-state index is 0.578. The first-order valence-electron chi connectivity index (χ1n) is 21.6. The molecule has 0 saturated carbocycles. The van der Waals surface area contributed by atoms with Crippen molar-refractivity contribution in [2.75, 3.05) is 0 Å². The third kappa shape index (κ3) is 5.77. The lowest BCUT2D eigenvalue weighted by atomic mass is 10.1. The molecule has 0 spiro atoms. The van der Waals surface area contributed by atoms with Crippen molar-refractivity contribution in [2.45, 2.75) is 6.92 Å². The Morgan fingerprint density at radius 1 is 0.406 bits per heavy atom. The van der Waals surface area contributed by atoms with Gasteiger partial charge in [0.1, 0.15) is 0 Å². The summed E-state index contributed by atoms with van der Waals surface area (Å²) in [5.74, 6) is 1.75. The summed E-state index contributed by atoms with van der Waals surface area (Å²) >= 11 is 0. The smallest absolute Gasteiger partial charge is 0.166 e. The zero-order chi connectivity index (χ0) is 42.7. The highest BCUT2D eigenvalue weighted by atomic mass is 15.1. The summed E-state index contributed by atoms with van der Waals surface area (Å²) in [5, 5.41) is 5.66. The highest BCUT2D eigenvalue weighted by Crippen LogP contribution is 2.41. The van der Waals surface area contributed by atoms with Crippen LogP contribution in [0.2, 0.25) is 0 Å². The fraction of sp³-hybridized carbons (Fsp3) is 0.0172. The number of rotatable bonds is 8. The second kappa shape index (κ2) is 15.1. The van der Waals surface area contributed by atoms with Gasteiger partial charge in [0.25, 0.3) is 0 Å². The predicted octanol–water partition coefficient (Wildman–Crippen LogP) is 14.7. The maximum absolute atomic E-state index is 5.51. The Morgan fingerprint density at radius 2 is 0.875 bits per heavy atom. The molecular weight excluding hydrogens is 781 g/mol. The van der Waals surface area contributed by atoms with Gasteiger partial charge in [0.05, 0.1) is 33.3 Å². The van der Waals surface area contributed by atoms with Gasteiger partial charge in [-0.3, -0.25) is 0 Å². The lowest BCUT2D eigenvalue weighted by Crippen LogP contribution is -2.04. The van der Waals surface area contributed by atoms with Crippen molar-refractivity contribution in [1.82, 2.24) is 28.7 Å². The molecule has 0 radical (unpaired) electrons. The number of nitrogens with zero attached hydrogens (tertiary/aromatic N) is 6. The van der Waals surface area contributed by atoms with Gasteiger partial charge in [0.15, 0.2) is 17.5 Å². The van der Waals surface area contributed by atoms with Crippen LogP contribution >= 0.6 is 0 Å². The van der Waals surface area contributed by atoms with E-state index in [-0.39, 0.29) is 0 Å². The molecule has 0 saturated heterocycles. The summed E-state index contributed by atoms with van der Waals surface area (Å²) in [6.07, 6.45) is 6.19. The number of fused-ring (bicyclic) bond motifs is 7. The lowest BCUT2D eigenvalue weighted by Gasteiger charge is -2.14. The Morgan fingerprint density at radius 3 is 1.48 bits per heavy atom. The van der Waals surface area contributed by atoms with E-state index in [1.165, 1.54) is 0 Å². The molecule has 6 nitrogen and oxygen atoms in total. The van der Waals surface area contributed by atoms with E-state index in [9.17, 15) is 0 Å². The number of benzene rings is 8. The van der Waals surface area contributed by atoms with Crippen LogP contribution < -0.4 is 0 Å². The van der Waals surface area contributed by atoms with Crippen molar-refractivity contribution in [2.24, 2.45) is 0 Å². The van der Waals surface area contributed by atoms with Crippen LogP contribution in [0.1, 0.15) is 18.2 Å². The quantitative estimate of drug-likeness (QED) is 0.153. The Labute approximate surface area is 370 Å². The second-order valence-electron chi connectivity index (χ2n) is 16.0. The molecule has 302 valence electrons. The van der Waals surface area contributed by atoms with Gasteiger partial charge in [0, 0.05) is 66.2 Å². The van der Waals surface area contributed by atoms with Gasteiger partial charge in [-0.05, 0) is 91.9 Å². The zero-order valence-corrected chi connectivity index (χ0v) is 35.1. The molecule has 0 N–H and O–H groups in total. The highest BCUT2D eigenvalue weighted by Gasteiger charge is 2.24. The van der Waals surface area contributed by atoms with Crippen LogP contribution in [0.15, 0.2) is 207 Å². The van der Waals surface area contributed by atoms with Crippen LogP contribution in [0.4, 0.5) is 0 Å². The predicted molar refractivity (Wildman–Crippen MR) is 266 cm³/mol. The van der Waals surface area contributed by atoms with Crippen molar-refractivity contribution >= 4 is 66.7 Å². The highest BCUT2D eigenvalue weighted by molar-refractivity contribution is 6.14. The minimum Gasteiger partial charge on any atom is -0.309 e. The van der Waals surface area contributed by atoms with E-state index in [0.29, 0.717) is 17.5 Å². The van der Waals surface area contributed by atoms with Crippen molar-refractivity contribution in [3.8, 4) is 51.2 Å². The summed E-state index contributed by atoms with van der Waals surface area (Å²) < 4.78 is 6.96. The molecule has 4 aromatic heterocycles. The van der Waals surface area contributed by atoms with Gasteiger partial charge in [0.2, 0.25) is 0 Å². The molecule has 0 unspecified atom stereocenters. The van der Waals surface area contributed by atoms with Gasteiger partial charge >= 0.3 is 0 Å². The van der Waals surface area contributed by atoms with Crippen LogP contribution in [-0.4, -0.2) is 28.7 Å². The molecule has 0 amide bonds. The molecule has 0 fully saturated rings. The Balaban J connectivity index is 1.18. The molecule has 12 aromatic rings. The molecule has 8 aromatic carbocycles. The molecule has 0 aliphatic heterocycles. The monoisotopic (exact) mass is 820 g/mol. The first-order valence-corrected chi connectivity index (χ1v) is 21.6. The van der Waals surface area contributed by atoms with Crippen molar-refractivity contribution in [1.29, 1.82) is 0 Å². The number of aromatic nitrogens is 6. The van der Waals surface area contributed by atoms with Crippen molar-refractivity contribution < 1.29 is 0 Å². The summed E-state index contributed by atoms with van der Waals surface area (Å²) in [6.45, 7) is 6.36. The van der Waals surface area contributed by atoms with Crippen LogP contribution in [0.25, 0.3) is 118 Å². The Kier molecular flexibility index (Phi) is 8.76. The first-order chi connectivity index (χ1) is 31.7. The van der Waals surface area contributed by atoms with Crippen molar-refractivity contribution in [3.63, 3.8) is 0 Å². The van der Waals surface area contributed by atoms with Gasteiger partial charge in [-0.15, -0.1) is 0 Å². The first kappa shape index (κ1) is 37.2. The maximum Gasteiger partial charge on any atom is 0.166 e. The largest absolute Gasteiger partial charge is 0.309 e. The fourth-order valence-corrected chi connectivity index (χ4v) is 9.71. The van der Waals surface area contributed by atoms with E-state index in [2.05, 4.69) is 227 Å². The molecular formula is C58H40N6. The SMILES string of the molecule is C=Cc1c(/C=C\C)c2cccc(-c3nc(-c4ccc5c(c4)c4ccccc4n5-c4ccccc4)nc(-c4cccc5c6ccccc6n(-c6ccccc6)c45)n3)c2n1-c1ccccc1. The molecule has 0 aliphatic carbocycles. The average Bonchev–Trinajstić information content (AvgIpc) is 4.00. The van der Waals surface area contributed by atoms with E-state index in [1.54, 1.807) is 0 Å². The second-order valence-corrected chi connectivity index (χ2v) is 16.0. The zero-order valence-electron chi connectivity index (χ0n) is 35.1. The minimum atomic E-state index is 0.578. The number of para-hydroxylation sites is 7. The van der Waals surface area contributed by atoms with Gasteiger partial charge in [-0.25, -0.2) is 15.0 Å². The van der Waals surface area contributed by atoms with Gasteiger partial charge in [-0.2, -0.15) is 0 Å². The van der Waals surface area contributed by atoms with Crippen LogP contribution in [0.5, 0.6) is 0 Å². The summed E-state index contributed by atoms with van der Waals surface area (Å²) in [5.41, 5.74) is 13.4. The number of hydrogen-bond acceptors (Lipinski definition) is 3. The fourth-order valence-electron chi connectivity index (χ4n) is 9.71. The number of hydrogen-bond donors (Lipinski definition) is 0. The third-order valence-electron chi connectivity index (χ3n) is 12.4. The van der Waals surface area contributed by atoms with Gasteiger partial charge < -0.3 is 13.7 Å². The molecule has 0 atom stereocenters. The van der Waals surface area contributed by atoms with E-state index >= 15 is 0 Å². The van der Waals surface area contributed by atoms with E-state index in [4.69, 9.17) is 15.0 Å². The van der Waals surface area contributed by atoms with Crippen LogP contribution in [0.3, 0.4) is 0 Å². The summed E-state index contributed by atoms with van der Waals surface area (Å²) in [4.78, 5) is 16.4. The molecule has 0 aliphatic rings. The summed E-state index contributed by atoms with van der Waals surface area (Å²) in [6, 6.07) is 68.3. The van der Waals surface area contributed by atoms with E-state index in [1.807, 2.05) is 12.1 Å². The Hall–Kier alpha value is -8.61. The average molecular weight is 821 g/mol. The van der Waals surface area contributed by atoms with E-state index < -0.39 is 0 Å². The van der Waals surface area contributed by atoms with Gasteiger partial charge in [-0.1, -0.05) is 134 Å². The molecule has 12 rings (SSSR count). The lowest BCUT2D eigenvalue weighted by molar-refractivity contribution is 1.06. The maximum atomic E-state index is 5.51. The van der Waals surface area contributed by atoms with E-state index in [0.717, 1.165) is 99.5 Å². The molecule has 6 heteroatoms. The molecule has 64 heavy (non-hydrogen) atoms. The standard InChI is InChI=1S/C58H40N6/c1-3-20-42-45-29-18-31-47(54(45)63(50(42)4-2)40-23-10-6-11-24-40)57-59-56(38-35-36-53-49(37-38)44-28-15-16-33-51(44)62(53)39-21-8-5-9-22-39)60-58(61-57)48-32-19-30-46-43-27-14-17-34-52(43)64(55(46)48)41-25-12-7-13-26-41/h3-37H,2H2,1H3/b20-3-. The topological polar surface area (TPSA) is 53.5 Å². The third-order valence-corrected chi connectivity index (χ3v) is 12.4.